The van der Waals surface area contributed by atoms with Crippen molar-refractivity contribution in [1.82, 2.24) is 0 Å². The quantitative estimate of drug-likeness (QED) is 0.917. The molecule has 0 saturated heterocycles. The van der Waals surface area contributed by atoms with Gasteiger partial charge in [0.05, 0.1) is 11.8 Å². The van der Waals surface area contributed by atoms with Gasteiger partial charge in [-0.2, -0.15) is 5.26 Å². The third kappa shape index (κ3) is 2.73. The van der Waals surface area contributed by atoms with Crippen molar-refractivity contribution in [3.05, 3.63) is 27.1 Å². The summed E-state index contributed by atoms with van der Waals surface area (Å²) in [5, 5.41) is 12.0. The minimum atomic E-state index is -0.148. The van der Waals surface area contributed by atoms with Gasteiger partial charge in [-0.05, 0) is 50.4 Å². The van der Waals surface area contributed by atoms with Gasteiger partial charge in [0, 0.05) is 8.95 Å². The van der Waals surface area contributed by atoms with Crippen molar-refractivity contribution in [2.24, 2.45) is 0 Å². The standard InChI is InChI=1S/C10H10Br2N2/c1-2-7(6-13)14-10-8(11)4-3-5-9(10)12/h3-5,7,14H,2H2,1H3. The molecule has 1 atom stereocenters. The van der Waals surface area contributed by atoms with Gasteiger partial charge in [0.15, 0.2) is 0 Å². The summed E-state index contributed by atoms with van der Waals surface area (Å²) >= 11 is 6.86. The van der Waals surface area contributed by atoms with Crippen LogP contribution in [0, 0.1) is 11.3 Å². The van der Waals surface area contributed by atoms with Crippen molar-refractivity contribution < 1.29 is 0 Å². The molecule has 0 heterocycles. The summed E-state index contributed by atoms with van der Waals surface area (Å²) in [7, 11) is 0. The molecule has 0 saturated carbocycles. The molecule has 74 valence electrons. The van der Waals surface area contributed by atoms with Crippen LogP contribution in [0.1, 0.15) is 13.3 Å². The molecule has 0 fully saturated rings. The highest BCUT2D eigenvalue weighted by atomic mass is 79.9. The van der Waals surface area contributed by atoms with Gasteiger partial charge in [0.2, 0.25) is 0 Å². The van der Waals surface area contributed by atoms with Gasteiger partial charge < -0.3 is 5.32 Å². The Bertz CT molecular complexity index is 337. The predicted molar refractivity (Wildman–Crippen MR) is 65.2 cm³/mol. The molecule has 1 rings (SSSR count). The zero-order valence-corrected chi connectivity index (χ0v) is 10.9. The molecule has 14 heavy (non-hydrogen) atoms. The highest BCUT2D eigenvalue weighted by Crippen LogP contribution is 2.31. The van der Waals surface area contributed by atoms with E-state index in [0.29, 0.717) is 0 Å². The molecule has 0 aliphatic heterocycles. The van der Waals surface area contributed by atoms with Gasteiger partial charge in [-0.1, -0.05) is 13.0 Å². The van der Waals surface area contributed by atoms with Crippen LogP contribution in [0.15, 0.2) is 27.1 Å². The summed E-state index contributed by atoms with van der Waals surface area (Å²) in [6.45, 7) is 1.98. The molecule has 0 aliphatic carbocycles. The lowest BCUT2D eigenvalue weighted by Crippen LogP contribution is -2.16. The maximum absolute atomic E-state index is 8.83. The normalized spacial score (nSPS) is 11.9. The van der Waals surface area contributed by atoms with Gasteiger partial charge in [0.1, 0.15) is 6.04 Å². The summed E-state index contributed by atoms with van der Waals surface area (Å²) in [5.41, 5.74) is 0.931. The van der Waals surface area contributed by atoms with Gasteiger partial charge in [-0.25, -0.2) is 0 Å². The van der Waals surface area contributed by atoms with Crippen LogP contribution >= 0.6 is 31.9 Å². The number of benzene rings is 1. The van der Waals surface area contributed by atoms with Crippen LogP contribution in [-0.4, -0.2) is 6.04 Å². The number of nitrogens with one attached hydrogen (secondary N) is 1. The van der Waals surface area contributed by atoms with Crippen LogP contribution in [0.2, 0.25) is 0 Å². The smallest absolute Gasteiger partial charge is 0.114 e. The molecule has 0 spiro atoms. The van der Waals surface area contributed by atoms with E-state index in [2.05, 4.69) is 43.2 Å². The monoisotopic (exact) mass is 316 g/mol. The first-order valence-corrected chi connectivity index (χ1v) is 5.87. The van der Waals surface area contributed by atoms with E-state index in [1.165, 1.54) is 0 Å². The Balaban J connectivity index is 2.91. The Morgan fingerprint density at radius 1 is 1.43 bits per heavy atom. The molecular formula is C10H10Br2N2. The van der Waals surface area contributed by atoms with Crippen molar-refractivity contribution >= 4 is 37.5 Å². The number of rotatable bonds is 3. The largest absolute Gasteiger partial charge is 0.368 e. The zero-order valence-electron chi connectivity index (χ0n) is 7.72. The highest BCUT2D eigenvalue weighted by molar-refractivity contribution is 9.11. The van der Waals surface area contributed by atoms with Gasteiger partial charge >= 0.3 is 0 Å². The molecule has 0 amide bonds. The maximum Gasteiger partial charge on any atom is 0.114 e. The van der Waals surface area contributed by atoms with Crippen molar-refractivity contribution in [2.45, 2.75) is 19.4 Å². The first-order chi connectivity index (χ1) is 6.69. The first-order valence-electron chi connectivity index (χ1n) is 4.29. The number of nitrogens with zero attached hydrogens (tertiary/aromatic N) is 1. The fraction of sp³-hybridized carbons (Fsp3) is 0.300. The van der Waals surface area contributed by atoms with Crippen molar-refractivity contribution in [1.29, 1.82) is 5.26 Å². The van der Waals surface area contributed by atoms with E-state index in [0.717, 1.165) is 21.1 Å². The van der Waals surface area contributed by atoms with Crippen molar-refractivity contribution in [3.63, 3.8) is 0 Å². The number of halogens is 2. The molecule has 0 bridgehead atoms. The SMILES string of the molecule is CCC(C#N)Nc1c(Br)cccc1Br. The molecule has 0 aromatic heterocycles. The second-order valence-electron chi connectivity index (χ2n) is 2.83. The Labute approximate surface area is 101 Å². The second kappa shape index (κ2) is 5.38. The van der Waals surface area contributed by atoms with E-state index in [1.54, 1.807) is 0 Å². The second-order valence-corrected chi connectivity index (χ2v) is 4.54. The number of hydrogen-bond donors (Lipinski definition) is 1. The first kappa shape index (κ1) is 11.5. The minimum Gasteiger partial charge on any atom is -0.368 e. The third-order valence-electron chi connectivity index (χ3n) is 1.85. The topological polar surface area (TPSA) is 35.8 Å². The van der Waals surface area contributed by atoms with Gasteiger partial charge in [-0.15, -0.1) is 0 Å². The number of anilines is 1. The molecule has 0 radical (unpaired) electrons. The third-order valence-corrected chi connectivity index (χ3v) is 3.17. The Morgan fingerprint density at radius 2 is 2.00 bits per heavy atom. The Hall–Kier alpha value is -0.530. The Morgan fingerprint density at radius 3 is 2.43 bits per heavy atom. The fourth-order valence-corrected chi connectivity index (χ4v) is 2.26. The van der Waals surface area contributed by atoms with Crippen LogP contribution in [0.25, 0.3) is 0 Å². The van der Waals surface area contributed by atoms with E-state index in [1.807, 2.05) is 25.1 Å². The van der Waals surface area contributed by atoms with E-state index < -0.39 is 0 Å². The summed E-state index contributed by atoms with van der Waals surface area (Å²) in [6, 6.07) is 7.87. The van der Waals surface area contributed by atoms with Crippen LogP contribution < -0.4 is 5.32 Å². The number of nitriles is 1. The van der Waals surface area contributed by atoms with E-state index in [-0.39, 0.29) is 6.04 Å². The molecular weight excluding hydrogens is 308 g/mol. The average Bonchev–Trinajstić information content (AvgIpc) is 2.18. The summed E-state index contributed by atoms with van der Waals surface area (Å²) in [6.07, 6.45) is 0.782. The van der Waals surface area contributed by atoms with E-state index in [4.69, 9.17) is 5.26 Å². The van der Waals surface area contributed by atoms with Crippen molar-refractivity contribution in [3.8, 4) is 6.07 Å². The lowest BCUT2D eigenvalue weighted by atomic mass is 10.2. The molecule has 1 aromatic carbocycles. The number of para-hydroxylation sites is 1. The average molecular weight is 318 g/mol. The predicted octanol–water partition coefficient (Wildman–Crippen LogP) is 3.93. The van der Waals surface area contributed by atoms with Crippen LogP contribution in [0.4, 0.5) is 5.69 Å². The molecule has 1 unspecified atom stereocenters. The Kier molecular flexibility index (Phi) is 4.43. The molecule has 1 aromatic rings. The van der Waals surface area contributed by atoms with Gasteiger partial charge in [-0.3, -0.25) is 0 Å². The van der Waals surface area contributed by atoms with Crippen LogP contribution in [0.5, 0.6) is 0 Å². The minimum absolute atomic E-state index is 0.148. The van der Waals surface area contributed by atoms with E-state index >= 15 is 0 Å². The number of hydrogen-bond acceptors (Lipinski definition) is 2. The highest BCUT2D eigenvalue weighted by Gasteiger charge is 2.09. The van der Waals surface area contributed by atoms with Crippen molar-refractivity contribution in [2.75, 3.05) is 5.32 Å². The summed E-state index contributed by atoms with van der Waals surface area (Å²) in [5.74, 6) is 0. The van der Waals surface area contributed by atoms with Crippen LogP contribution in [-0.2, 0) is 0 Å². The molecule has 2 nitrogen and oxygen atoms in total. The van der Waals surface area contributed by atoms with Crippen LogP contribution in [0.3, 0.4) is 0 Å². The van der Waals surface area contributed by atoms with Gasteiger partial charge in [0.25, 0.3) is 0 Å². The van der Waals surface area contributed by atoms with E-state index in [9.17, 15) is 0 Å². The molecule has 0 aliphatic rings. The molecule has 4 heteroatoms. The summed E-state index contributed by atoms with van der Waals surface area (Å²) in [4.78, 5) is 0. The lowest BCUT2D eigenvalue weighted by Gasteiger charge is -2.13. The fourth-order valence-electron chi connectivity index (χ4n) is 1.04. The lowest BCUT2D eigenvalue weighted by molar-refractivity contribution is 0.844. The zero-order chi connectivity index (χ0) is 10.6. The maximum atomic E-state index is 8.83. The molecule has 1 N–H and O–H groups in total. The summed E-state index contributed by atoms with van der Waals surface area (Å²) < 4.78 is 1.92.